The standard InChI is InChI=1S/C16H23FO2/c1-3-4-5-6-7-8-12-19-15-11-9-10-14(17)16(15)13(2)18/h9-11H,3-8,12H2,1-2H3. The average Bonchev–Trinajstić information content (AvgIpc) is 2.37. The van der Waals surface area contributed by atoms with Crippen LogP contribution in [0.25, 0.3) is 0 Å². The quantitative estimate of drug-likeness (QED) is 0.475. The number of carbonyl (C=O) groups is 1. The monoisotopic (exact) mass is 266 g/mol. The number of Topliss-reactive ketones (excluding diaryl/α,β-unsaturated/α-hetero) is 1. The van der Waals surface area contributed by atoms with Crippen LogP contribution in [0.4, 0.5) is 4.39 Å². The molecule has 0 aliphatic heterocycles. The van der Waals surface area contributed by atoms with E-state index < -0.39 is 5.82 Å². The Labute approximate surface area is 115 Å². The van der Waals surface area contributed by atoms with Gasteiger partial charge in [-0.05, 0) is 25.5 Å². The summed E-state index contributed by atoms with van der Waals surface area (Å²) in [5.74, 6) is -0.440. The number of rotatable bonds is 9. The predicted molar refractivity (Wildman–Crippen MR) is 75.3 cm³/mol. The van der Waals surface area contributed by atoms with E-state index in [0.717, 1.165) is 12.8 Å². The molecule has 0 amide bonds. The number of unbranched alkanes of at least 4 members (excludes halogenated alkanes) is 5. The fraction of sp³-hybridized carbons (Fsp3) is 0.562. The van der Waals surface area contributed by atoms with Crippen LogP contribution < -0.4 is 4.74 Å². The van der Waals surface area contributed by atoms with E-state index in [-0.39, 0.29) is 11.3 Å². The van der Waals surface area contributed by atoms with Gasteiger partial charge < -0.3 is 4.74 Å². The molecule has 1 rings (SSSR count). The van der Waals surface area contributed by atoms with Crippen LogP contribution in [0.5, 0.6) is 5.75 Å². The van der Waals surface area contributed by atoms with Crippen LogP contribution >= 0.6 is 0 Å². The summed E-state index contributed by atoms with van der Waals surface area (Å²) in [6.45, 7) is 4.09. The first-order valence-electron chi connectivity index (χ1n) is 7.09. The first kappa shape index (κ1) is 15.7. The molecular formula is C16H23FO2. The van der Waals surface area contributed by atoms with Crippen molar-refractivity contribution in [1.29, 1.82) is 0 Å². The van der Waals surface area contributed by atoms with E-state index in [1.54, 1.807) is 12.1 Å². The maximum absolute atomic E-state index is 13.5. The molecule has 0 fully saturated rings. The Kier molecular flexibility index (Phi) is 7.16. The molecule has 0 aliphatic carbocycles. The third-order valence-electron chi connectivity index (χ3n) is 3.08. The summed E-state index contributed by atoms with van der Waals surface area (Å²) in [5.41, 5.74) is 0.0634. The Bertz CT molecular complexity index is 402. The van der Waals surface area contributed by atoms with Crippen molar-refractivity contribution in [3.63, 3.8) is 0 Å². The minimum absolute atomic E-state index is 0.0634. The Morgan fingerprint density at radius 2 is 1.84 bits per heavy atom. The zero-order valence-electron chi connectivity index (χ0n) is 11.9. The Morgan fingerprint density at radius 1 is 1.16 bits per heavy atom. The lowest BCUT2D eigenvalue weighted by Gasteiger charge is -2.10. The molecule has 3 heteroatoms. The SMILES string of the molecule is CCCCCCCCOc1cccc(F)c1C(C)=O. The van der Waals surface area contributed by atoms with Crippen LogP contribution in [0.3, 0.4) is 0 Å². The maximum Gasteiger partial charge on any atom is 0.166 e. The van der Waals surface area contributed by atoms with Crippen molar-refractivity contribution in [1.82, 2.24) is 0 Å². The highest BCUT2D eigenvalue weighted by Gasteiger charge is 2.13. The van der Waals surface area contributed by atoms with Gasteiger partial charge in [-0.3, -0.25) is 4.79 Å². The number of ether oxygens (including phenoxy) is 1. The van der Waals surface area contributed by atoms with Crippen LogP contribution in [-0.4, -0.2) is 12.4 Å². The van der Waals surface area contributed by atoms with Gasteiger partial charge in [-0.2, -0.15) is 0 Å². The molecule has 0 spiro atoms. The zero-order chi connectivity index (χ0) is 14.1. The molecule has 0 N–H and O–H groups in total. The van der Waals surface area contributed by atoms with Crippen molar-refractivity contribution in [2.24, 2.45) is 0 Å². The molecule has 1 aromatic rings. The van der Waals surface area contributed by atoms with Gasteiger partial charge in [0.2, 0.25) is 0 Å². The molecule has 0 heterocycles. The average molecular weight is 266 g/mol. The van der Waals surface area contributed by atoms with Gasteiger partial charge in [0.25, 0.3) is 0 Å². The van der Waals surface area contributed by atoms with Gasteiger partial charge >= 0.3 is 0 Å². The molecule has 0 aliphatic rings. The summed E-state index contributed by atoms with van der Waals surface area (Å²) < 4.78 is 19.0. The van der Waals surface area contributed by atoms with E-state index in [1.165, 1.54) is 38.7 Å². The Balaban J connectivity index is 2.37. The summed E-state index contributed by atoms with van der Waals surface area (Å²) >= 11 is 0. The van der Waals surface area contributed by atoms with E-state index in [4.69, 9.17) is 4.74 Å². The third kappa shape index (κ3) is 5.41. The number of ketones is 1. The fourth-order valence-electron chi connectivity index (χ4n) is 2.03. The van der Waals surface area contributed by atoms with E-state index in [0.29, 0.717) is 12.4 Å². The van der Waals surface area contributed by atoms with Crippen LogP contribution in [0, 0.1) is 5.82 Å². The Hall–Kier alpha value is -1.38. The first-order chi connectivity index (χ1) is 9.16. The van der Waals surface area contributed by atoms with Crippen molar-refractivity contribution in [2.75, 3.05) is 6.61 Å². The molecular weight excluding hydrogens is 243 g/mol. The molecule has 0 saturated heterocycles. The number of hydrogen-bond acceptors (Lipinski definition) is 2. The summed E-state index contributed by atoms with van der Waals surface area (Å²) in [6.07, 6.45) is 7.04. The zero-order valence-corrected chi connectivity index (χ0v) is 11.9. The van der Waals surface area contributed by atoms with E-state index in [2.05, 4.69) is 6.92 Å². The second-order valence-corrected chi connectivity index (χ2v) is 4.79. The van der Waals surface area contributed by atoms with Gasteiger partial charge in [0.05, 0.1) is 12.2 Å². The second-order valence-electron chi connectivity index (χ2n) is 4.79. The van der Waals surface area contributed by atoms with Crippen molar-refractivity contribution in [3.8, 4) is 5.75 Å². The van der Waals surface area contributed by atoms with Crippen LogP contribution in [-0.2, 0) is 0 Å². The molecule has 0 saturated carbocycles. The van der Waals surface area contributed by atoms with Gasteiger partial charge in [-0.15, -0.1) is 0 Å². The van der Waals surface area contributed by atoms with Gasteiger partial charge in [0.15, 0.2) is 5.78 Å². The lowest BCUT2D eigenvalue weighted by atomic mass is 10.1. The largest absolute Gasteiger partial charge is 0.493 e. The smallest absolute Gasteiger partial charge is 0.166 e. The molecule has 2 nitrogen and oxygen atoms in total. The van der Waals surface area contributed by atoms with Gasteiger partial charge in [0, 0.05) is 0 Å². The molecule has 0 atom stereocenters. The number of hydrogen-bond donors (Lipinski definition) is 0. The van der Waals surface area contributed by atoms with Crippen molar-refractivity contribution in [2.45, 2.75) is 52.4 Å². The van der Waals surface area contributed by atoms with Gasteiger partial charge in [0.1, 0.15) is 11.6 Å². The summed E-state index contributed by atoms with van der Waals surface area (Å²) in [7, 11) is 0. The van der Waals surface area contributed by atoms with Gasteiger partial charge in [-0.25, -0.2) is 4.39 Å². The molecule has 106 valence electrons. The van der Waals surface area contributed by atoms with Gasteiger partial charge in [-0.1, -0.05) is 45.1 Å². The van der Waals surface area contributed by atoms with Crippen LogP contribution in [0.2, 0.25) is 0 Å². The molecule has 1 aromatic carbocycles. The summed E-state index contributed by atoms with van der Waals surface area (Å²) in [5, 5.41) is 0. The van der Waals surface area contributed by atoms with Crippen molar-refractivity contribution in [3.05, 3.63) is 29.6 Å². The Morgan fingerprint density at radius 3 is 2.53 bits per heavy atom. The highest BCUT2D eigenvalue weighted by molar-refractivity contribution is 5.97. The summed E-state index contributed by atoms with van der Waals surface area (Å²) in [4.78, 5) is 11.4. The summed E-state index contributed by atoms with van der Waals surface area (Å²) in [6, 6.07) is 4.50. The number of halogens is 1. The lowest BCUT2D eigenvalue weighted by Crippen LogP contribution is -2.05. The highest BCUT2D eigenvalue weighted by atomic mass is 19.1. The van der Waals surface area contributed by atoms with Crippen LogP contribution in [0.15, 0.2) is 18.2 Å². The van der Waals surface area contributed by atoms with E-state index >= 15 is 0 Å². The number of benzene rings is 1. The number of carbonyl (C=O) groups excluding carboxylic acids is 1. The van der Waals surface area contributed by atoms with Crippen molar-refractivity contribution < 1.29 is 13.9 Å². The lowest BCUT2D eigenvalue weighted by molar-refractivity contribution is 0.100. The molecule has 0 bridgehead atoms. The molecule has 0 unspecified atom stereocenters. The first-order valence-corrected chi connectivity index (χ1v) is 7.09. The molecule has 0 aromatic heterocycles. The minimum atomic E-state index is -0.507. The fourth-order valence-corrected chi connectivity index (χ4v) is 2.03. The molecule has 19 heavy (non-hydrogen) atoms. The minimum Gasteiger partial charge on any atom is -0.493 e. The second kappa shape index (κ2) is 8.68. The normalized spacial score (nSPS) is 10.5. The predicted octanol–water partition coefficient (Wildman–Crippen LogP) is 4.77. The third-order valence-corrected chi connectivity index (χ3v) is 3.08. The maximum atomic E-state index is 13.5. The van der Waals surface area contributed by atoms with E-state index in [9.17, 15) is 9.18 Å². The molecule has 0 radical (unpaired) electrons. The van der Waals surface area contributed by atoms with Crippen LogP contribution in [0.1, 0.15) is 62.7 Å². The van der Waals surface area contributed by atoms with E-state index in [1.807, 2.05) is 0 Å². The highest BCUT2D eigenvalue weighted by Crippen LogP contribution is 2.22. The van der Waals surface area contributed by atoms with Crippen molar-refractivity contribution >= 4 is 5.78 Å². The topological polar surface area (TPSA) is 26.3 Å².